The van der Waals surface area contributed by atoms with Crippen LogP contribution in [0, 0.1) is 13.8 Å². The van der Waals surface area contributed by atoms with Gasteiger partial charge in [-0.05, 0) is 32.8 Å². The van der Waals surface area contributed by atoms with Crippen molar-refractivity contribution in [2.75, 3.05) is 33.4 Å². The Morgan fingerprint density at radius 3 is 2.69 bits per heavy atom. The Hall–Kier alpha value is -2.75. The second kappa shape index (κ2) is 9.40. The number of ether oxygens (including phenoxy) is 1. The van der Waals surface area contributed by atoms with E-state index in [4.69, 9.17) is 4.74 Å². The maximum absolute atomic E-state index is 14.4. The summed E-state index contributed by atoms with van der Waals surface area (Å²) >= 11 is 0. The molecule has 0 N–H and O–H groups in total. The maximum atomic E-state index is 14.4. The molecule has 0 bridgehead atoms. The smallest absolute Gasteiger partial charge is 0.276 e. The number of halogens is 1. The van der Waals surface area contributed by atoms with E-state index in [1.165, 1.54) is 0 Å². The van der Waals surface area contributed by atoms with Crippen LogP contribution in [0.3, 0.4) is 0 Å². The summed E-state index contributed by atoms with van der Waals surface area (Å²) < 4.78 is 23.1. The van der Waals surface area contributed by atoms with Gasteiger partial charge in [0.25, 0.3) is 11.8 Å². The van der Waals surface area contributed by atoms with Crippen molar-refractivity contribution in [2.45, 2.75) is 58.4 Å². The molecule has 2 aliphatic heterocycles. The van der Waals surface area contributed by atoms with E-state index in [0.29, 0.717) is 31.0 Å². The fourth-order valence-electron chi connectivity index (χ4n) is 4.76. The summed E-state index contributed by atoms with van der Waals surface area (Å²) in [4.78, 5) is 29.2. The van der Waals surface area contributed by atoms with Crippen LogP contribution in [0.1, 0.15) is 51.5 Å². The van der Waals surface area contributed by atoms with E-state index < -0.39 is 6.17 Å². The fraction of sp³-hybridized carbons (Fsp3) is 0.636. The molecule has 2 saturated heterocycles. The van der Waals surface area contributed by atoms with E-state index in [1.807, 2.05) is 24.5 Å². The lowest BCUT2D eigenvalue weighted by Gasteiger charge is -2.24. The number of amides is 2. The third-order valence-corrected chi connectivity index (χ3v) is 6.50. The van der Waals surface area contributed by atoms with Crippen LogP contribution in [0.5, 0.6) is 0 Å². The second-order valence-corrected chi connectivity index (χ2v) is 8.70. The van der Waals surface area contributed by atoms with Gasteiger partial charge < -0.3 is 19.1 Å². The topological polar surface area (TPSA) is 85.5 Å². The molecular formula is C22H31FN6O3. The highest BCUT2D eigenvalue weighted by atomic mass is 19.1. The highest BCUT2D eigenvalue weighted by Crippen LogP contribution is 2.26. The van der Waals surface area contributed by atoms with Crippen LogP contribution in [0.15, 0.2) is 12.3 Å². The molecule has 4 rings (SSSR count). The first kappa shape index (κ1) is 22.4. The largest absolute Gasteiger partial charge is 0.383 e. The molecule has 2 aromatic rings. The molecule has 32 heavy (non-hydrogen) atoms. The number of carbonyl (C=O) groups is 2. The van der Waals surface area contributed by atoms with Gasteiger partial charge in [0.1, 0.15) is 6.17 Å². The van der Waals surface area contributed by atoms with Crippen molar-refractivity contribution in [3.8, 4) is 0 Å². The molecular weight excluding hydrogens is 415 g/mol. The van der Waals surface area contributed by atoms with Gasteiger partial charge in [-0.25, -0.2) is 9.07 Å². The first-order chi connectivity index (χ1) is 15.4. The van der Waals surface area contributed by atoms with Gasteiger partial charge in [0.15, 0.2) is 5.69 Å². The first-order valence-electron chi connectivity index (χ1n) is 11.2. The number of aromatic nitrogens is 4. The van der Waals surface area contributed by atoms with E-state index in [9.17, 15) is 14.0 Å². The summed E-state index contributed by atoms with van der Waals surface area (Å²) in [5, 5.41) is 8.09. The number of likely N-dealkylation sites (tertiary alicyclic amines) is 2. The van der Waals surface area contributed by atoms with Gasteiger partial charge in [-0.15, -0.1) is 5.10 Å². The molecule has 2 fully saturated rings. The molecule has 10 heteroatoms. The van der Waals surface area contributed by atoms with E-state index in [1.54, 1.807) is 27.8 Å². The van der Waals surface area contributed by atoms with E-state index >= 15 is 0 Å². The number of hydrogen-bond acceptors (Lipinski definition) is 5. The number of rotatable bonds is 7. The molecule has 0 aliphatic carbocycles. The molecule has 2 atom stereocenters. The predicted octanol–water partition coefficient (Wildman–Crippen LogP) is 1.83. The van der Waals surface area contributed by atoms with Crippen molar-refractivity contribution in [1.82, 2.24) is 29.4 Å². The zero-order chi connectivity index (χ0) is 22.8. The molecule has 0 radical (unpaired) electrons. The Bertz CT molecular complexity index is 980. The van der Waals surface area contributed by atoms with Gasteiger partial charge in [0.05, 0.1) is 37.5 Å². The average molecular weight is 447 g/mol. The number of carbonyl (C=O) groups excluding carboxylic acids is 2. The molecule has 4 heterocycles. The molecule has 2 amide bonds. The van der Waals surface area contributed by atoms with Gasteiger partial charge in [-0.3, -0.25) is 9.59 Å². The zero-order valence-electron chi connectivity index (χ0n) is 19.0. The van der Waals surface area contributed by atoms with Crippen LogP contribution in [0.25, 0.3) is 0 Å². The Morgan fingerprint density at radius 2 is 1.97 bits per heavy atom. The molecule has 2 aliphatic rings. The molecule has 2 aromatic heterocycles. The van der Waals surface area contributed by atoms with Crippen LogP contribution in [-0.2, 0) is 17.8 Å². The van der Waals surface area contributed by atoms with Gasteiger partial charge in [-0.2, -0.15) is 0 Å². The van der Waals surface area contributed by atoms with Crippen molar-refractivity contribution >= 4 is 11.8 Å². The molecule has 0 spiro atoms. The quantitative estimate of drug-likeness (QED) is 0.648. The molecule has 0 unspecified atom stereocenters. The highest BCUT2D eigenvalue weighted by Gasteiger charge is 2.37. The molecule has 0 saturated carbocycles. The second-order valence-electron chi connectivity index (χ2n) is 8.70. The fourth-order valence-corrected chi connectivity index (χ4v) is 4.76. The Labute approximate surface area is 187 Å². The molecule has 174 valence electrons. The summed E-state index contributed by atoms with van der Waals surface area (Å²) in [5.41, 5.74) is 2.70. The van der Waals surface area contributed by atoms with Crippen molar-refractivity contribution < 1.29 is 18.7 Å². The third-order valence-electron chi connectivity index (χ3n) is 6.50. The summed E-state index contributed by atoms with van der Waals surface area (Å²) in [6.07, 6.45) is 2.76. The van der Waals surface area contributed by atoms with Crippen molar-refractivity contribution in [1.29, 1.82) is 0 Å². The van der Waals surface area contributed by atoms with Crippen molar-refractivity contribution in [2.24, 2.45) is 0 Å². The van der Waals surface area contributed by atoms with Gasteiger partial charge in [0.2, 0.25) is 0 Å². The van der Waals surface area contributed by atoms with Gasteiger partial charge >= 0.3 is 0 Å². The minimum absolute atomic E-state index is 0.0551. The average Bonchev–Trinajstić information content (AvgIpc) is 3.55. The van der Waals surface area contributed by atoms with E-state index in [0.717, 1.165) is 37.3 Å². The zero-order valence-corrected chi connectivity index (χ0v) is 19.0. The lowest BCUT2D eigenvalue weighted by Crippen LogP contribution is -2.38. The van der Waals surface area contributed by atoms with Gasteiger partial charge in [0, 0.05) is 44.6 Å². The Morgan fingerprint density at radius 1 is 1.22 bits per heavy atom. The lowest BCUT2D eigenvalue weighted by molar-refractivity contribution is 0.0712. The highest BCUT2D eigenvalue weighted by molar-refractivity contribution is 5.96. The van der Waals surface area contributed by atoms with Crippen LogP contribution in [-0.4, -0.2) is 86.7 Å². The van der Waals surface area contributed by atoms with Crippen LogP contribution in [0.2, 0.25) is 0 Å². The maximum Gasteiger partial charge on any atom is 0.276 e. The predicted molar refractivity (Wildman–Crippen MR) is 115 cm³/mol. The minimum atomic E-state index is -1.09. The number of nitrogens with zero attached hydrogens (tertiary/aromatic N) is 6. The normalized spacial score (nSPS) is 21.0. The Balaban J connectivity index is 1.48. The van der Waals surface area contributed by atoms with Crippen LogP contribution >= 0.6 is 0 Å². The molecule has 0 aromatic carbocycles. The summed E-state index contributed by atoms with van der Waals surface area (Å²) in [6, 6.07) is 1.51. The van der Waals surface area contributed by atoms with Gasteiger partial charge in [-0.1, -0.05) is 5.21 Å². The van der Waals surface area contributed by atoms with Crippen molar-refractivity contribution in [3.63, 3.8) is 0 Å². The number of hydrogen-bond donors (Lipinski definition) is 0. The summed E-state index contributed by atoms with van der Waals surface area (Å²) in [7, 11) is 1.64. The van der Waals surface area contributed by atoms with E-state index in [2.05, 4.69) is 10.3 Å². The number of methoxy groups -OCH3 is 1. The summed E-state index contributed by atoms with van der Waals surface area (Å²) in [6.45, 7) is 6.89. The first-order valence-corrected chi connectivity index (χ1v) is 11.2. The monoisotopic (exact) mass is 446 g/mol. The SMILES string of the molecule is COCCn1c(C)cc(C(=O)N2C[C@@H](F)C[C@H]2Cn2cc(C(=O)N3CCCC3)nn2)c1C. The number of alkyl halides is 1. The van der Waals surface area contributed by atoms with Crippen LogP contribution in [0.4, 0.5) is 4.39 Å². The minimum Gasteiger partial charge on any atom is -0.383 e. The lowest BCUT2D eigenvalue weighted by atomic mass is 10.1. The Kier molecular flexibility index (Phi) is 6.59. The van der Waals surface area contributed by atoms with E-state index in [-0.39, 0.29) is 30.8 Å². The van der Waals surface area contributed by atoms with Crippen molar-refractivity contribution in [3.05, 3.63) is 34.9 Å². The number of aryl methyl sites for hydroxylation is 1. The standard InChI is InChI=1S/C22H31FN6O3/c1-15-10-19(16(2)28(15)8-9-32-3)21(30)29-12-17(23)11-18(29)13-27-14-20(24-25-27)22(31)26-6-4-5-7-26/h10,14,17-18H,4-9,11-13H2,1-3H3/t17-,18-/m0/s1. The van der Waals surface area contributed by atoms with Crippen LogP contribution < -0.4 is 0 Å². The molecule has 9 nitrogen and oxygen atoms in total. The summed E-state index contributed by atoms with van der Waals surface area (Å²) in [5.74, 6) is -0.305. The third kappa shape index (κ3) is 4.41.